The summed E-state index contributed by atoms with van der Waals surface area (Å²) in [6, 6.07) is 0. The van der Waals surface area contributed by atoms with Crippen LogP contribution in [0.2, 0.25) is 0 Å². The van der Waals surface area contributed by atoms with Gasteiger partial charge in [0.25, 0.3) is 10.2 Å². The van der Waals surface area contributed by atoms with Crippen LogP contribution in [0, 0.1) is 0 Å². The molecule has 1 rings (SSSR count). The van der Waals surface area contributed by atoms with Crippen molar-refractivity contribution < 1.29 is 13.2 Å². The van der Waals surface area contributed by atoms with Crippen LogP contribution in [0.1, 0.15) is 6.42 Å². The maximum atomic E-state index is 11.6. The van der Waals surface area contributed by atoms with Crippen molar-refractivity contribution in [1.29, 1.82) is 0 Å². The molecule has 7 heteroatoms. The number of ether oxygens (including phenoxy) is 1. The minimum atomic E-state index is -3.26. The van der Waals surface area contributed by atoms with Gasteiger partial charge in [0.15, 0.2) is 0 Å². The van der Waals surface area contributed by atoms with E-state index in [1.165, 1.54) is 4.31 Å². The van der Waals surface area contributed by atoms with E-state index in [-0.39, 0.29) is 0 Å². The lowest BCUT2D eigenvalue weighted by molar-refractivity contribution is 0.0725. The first kappa shape index (κ1) is 12.6. The van der Waals surface area contributed by atoms with Gasteiger partial charge in [-0.05, 0) is 6.42 Å². The summed E-state index contributed by atoms with van der Waals surface area (Å²) in [5, 5.41) is 0. The molecule has 0 aromatic carbocycles. The molecule has 1 heterocycles. The Balaban J connectivity index is 2.38. The minimum absolute atomic E-state index is 0.458. The van der Waals surface area contributed by atoms with E-state index in [4.69, 9.17) is 4.74 Å². The van der Waals surface area contributed by atoms with Gasteiger partial charge in [-0.3, -0.25) is 0 Å². The second-order valence-corrected chi connectivity index (χ2v) is 5.79. The van der Waals surface area contributed by atoms with Crippen molar-refractivity contribution in [2.75, 3.05) is 37.3 Å². The summed E-state index contributed by atoms with van der Waals surface area (Å²) in [5.74, 6) is 0. The molecular formula is C7H15IN2O3S. The van der Waals surface area contributed by atoms with E-state index >= 15 is 0 Å². The van der Waals surface area contributed by atoms with Gasteiger partial charge >= 0.3 is 0 Å². The van der Waals surface area contributed by atoms with E-state index in [9.17, 15) is 8.42 Å². The third-order valence-electron chi connectivity index (χ3n) is 1.90. The van der Waals surface area contributed by atoms with Crippen molar-refractivity contribution in [2.24, 2.45) is 0 Å². The van der Waals surface area contributed by atoms with Crippen molar-refractivity contribution in [1.82, 2.24) is 9.03 Å². The van der Waals surface area contributed by atoms with Gasteiger partial charge in [-0.1, -0.05) is 22.6 Å². The van der Waals surface area contributed by atoms with Gasteiger partial charge in [-0.25, -0.2) is 4.72 Å². The molecule has 0 unspecified atom stereocenters. The van der Waals surface area contributed by atoms with Gasteiger partial charge in [0.1, 0.15) is 0 Å². The molecule has 0 radical (unpaired) electrons. The summed E-state index contributed by atoms with van der Waals surface area (Å²) in [7, 11) is -3.26. The zero-order valence-corrected chi connectivity index (χ0v) is 10.9. The fourth-order valence-electron chi connectivity index (χ4n) is 1.15. The number of hydrogen-bond acceptors (Lipinski definition) is 3. The predicted octanol–water partition coefficient (Wildman–Crippen LogP) is -0.0219. The first-order chi connectivity index (χ1) is 6.67. The number of nitrogens with zero attached hydrogens (tertiary/aromatic N) is 1. The molecule has 1 aliphatic rings. The van der Waals surface area contributed by atoms with Gasteiger partial charge < -0.3 is 4.74 Å². The lowest BCUT2D eigenvalue weighted by Crippen LogP contribution is -2.46. The molecule has 0 aliphatic carbocycles. The number of nitrogens with one attached hydrogen (secondary N) is 1. The summed E-state index contributed by atoms with van der Waals surface area (Å²) < 4.78 is 33.3. The lowest BCUT2D eigenvalue weighted by atomic mass is 10.5. The number of rotatable bonds is 5. The second-order valence-electron chi connectivity index (χ2n) is 2.95. The van der Waals surface area contributed by atoms with Crippen LogP contribution in [-0.4, -0.2) is 50.0 Å². The topological polar surface area (TPSA) is 58.6 Å². The van der Waals surface area contributed by atoms with Crippen LogP contribution in [0.15, 0.2) is 0 Å². The van der Waals surface area contributed by atoms with E-state index in [2.05, 4.69) is 27.3 Å². The van der Waals surface area contributed by atoms with Crippen LogP contribution in [-0.2, 0) is 14.9 Å². The second kappa shape index (κ2) is 6.21. The molecule has 5 nitrogen and oxygen atoms in total. The Kier molecular flexibility index (Phi) is 5.60. The number of morpholine rings is 1. The quantitative estimate of drug-likeness (QED) is 0.437. The largest absolute Gasteiger partial charge is 0.379 e. The summed E-state index contributed by atoms with van der Waals surface area (Å²) in [6.45, 7) is 2.42. The molecule has 14 heavy (non-hydrogen) atoms. The molecule has 0 saturated carbocycles. The van der Waals surface area contributed by atoms with E-state index in [1.54, 1.807) is 0 Å². The minimum Gasteiger partial charge on any atom is -0.379 e. The van der Waals surface area contributed by atoms with E-state index < -0.39 is 10.2 Å². The normalized spacial score (nSPS) is 19.8. The van der Waals surface area contributed by atoms with Crippen LogP contribution in [0.25, 0.3) is 0 Å². The summed E-state index contributed by atoms with van der Waals surface area (Å²) >= 11 is 2.23. The van der Waals surface area contributed by atoms with E-state index in [0.717, 1.165) is 10.8 Å². The summed E-state index contributed by atoms with van der Waals surface area (Å²) in [5.41, 5.74) is 0. The van der Waals surface area contributed by atoms with Crippen LogP contribution in [0.5, 0.6) is 0 Å². The lowest BCUT2D eigenvalue weighted by Gasteiger charge is -2.25. The average molecular weight is 334 g/mol. The molecule has 0 bridgehead atoms. The molecule has 1 aliphatic heterocycles. The van der Waals surface area contributed by atoms with Gasteiger partial charge in [-0.15, -0.1) is 0 Å². The standard InChI is InChI=1S/C7H15IN2O3S/c8-2-1-3-9-14(11,12)10-4-6-13-7-5-10/h9H,1-7H2. The van der Waals surface area contributed by atoms with Gasteiger partial charge in [0.2, 0.25) is 0 Å². The summed E-state index contributed by atoms with van der Waals surface area (Å²) in [4.78, 5) is 0. The third kappa shape index (κ3) is 3.97. The van der Waals surface area contributed by atoms with Crippen LogP contribution in [0.4, 0.5) is 0 Å². The number of alkyl halides is 1. The molecule has 1 N–H and O–H groups in total. The number of hydrogen-bond donors (Lipinski definition) is 1. The van der Waals surface area contributed by atoms with Crippen molar-refractivity contribution in [3.05, 3.63) is 0 Å². The Bertz CT molecular complexity index is 252. The Hall–Kier alpha value is 0.560. The molecule has 0 aromatic heterocycles. The summed E-state index contributed by atoms with van der Waals surface area (Å²) in [6.07, 6.45) is 0.865. The molecule has 0 amide bonds. The SMILES string of the molecule is O=S(=O)(NCCCI)N1CCOCC1. The van der Waals surface area contributed by atoms with Gasteiger partial charge in [0.05, 0.1) is 13.2 Å². The predicted molar refractivity (Wildman–Crippen MR) is 62.8 cm³/mol. The molecule has 1 fully saturated rings. The van der Waals surface area contributed by atoms with Crippen molar-refractivity contribution in [3.8, 4) is 0 Å². The van der Waals surface area contributed by atoms with Crippen LogP contribution >= 0.6 is 22.6 Å². The Morgan fingerprint density at radius 1 is 1.36 bits per heavy atom. The average Bonchev–Trinajstić information content (AvgIpc) is 2.19. The first-order valence-electron chi connectivity index (χ1n) is 4.55. The van der Waals surface area contributed by atoms with Crippen molar-refractivity contribution in [3.63, 3.8) is 0 Å². The maximum absolute atomic E-state index is 11.6. The molecule has 84 valence electrons. The molecule has 0 atom stereocenters. The molecular weight excluding hydrogens is 319 g/mol. The smallest absolute Gasteiger partial charge is 0.279 e. The monoisotopic (exact) mass is 334 g/mol. The molecule has 0 spiro atoms. The first-order valence-corrected chi connectivity index (χ1v) is 7.52. The zero-order chi connectivity index (χ0) is 10.4. The highest BCUT2D eigenvalue weighted by molar-refractivity contribution is 14.1. The van der Waals surface area contributed by atoms with Crippen LogP contribution < -0.4 is 4.72 Å². The van der Waals surface area contributed by atoms with E-state index in [1.807, 2.05) is 0 Å². The zero-order valence-electron chi connectivity index (χ0n) is 7.91. The van der Waals surface area contributed by atoms with Gasteiger partial charge in [0, 0.05) is 24.1 Å². The van der Waals surface area contributed by atoms with Crippen molar-refractivity contribution in [2.45, 2.75) is 6.42 Å². The molecule has 1 saturated heterocycles. The number of halogens is 1. The fourth-order valence-corrected chi connectivity index (χ4v) is 2.74. The van der Waals surface area contributed by atoms with Crippen LogP contribution in [0.3, 0.4) is 0 Å². The highest BCUT2D eigenvalue weighted by Crippen LogP contribution is 2.02. The van der Waals surface area contributed by atoms with E-state index in [0.29, 0.717) is 32.8 Å². The highest BCUT2D eigenvalue weighted by atomic mass is 127. The highest BCUT2D eigenvalue weighted by Gasteiger charge is 2.23. The maximum Gasteiger partial charge on any atom is 0.279 e. The Morgan fingerprint density at radius 2 is 2.00 bits per heavy atom. The molecule has 0 aromatic rings. The van der Waals surface area contributed by atoms with Crippen molar-refractivity contribution >= 4 is 32.8 Å². The van der Waals surface area contributed by atoms with Gasteiger partial charge in [-0.2, -0.15) is 12.7 Å². The fraction of sp³-hybridized carbons (Fsp3) is 1.00. The Labute approximate surface area is 98.5 Å². The Morgan fingerprint density at radius 3 is 2.57 bits per heavy atom. The third-order valence-corrected chi connectivity index (χ3v) is 4.28.